The van der Waals surface area contributed by atoms with E-state index in [1.807, 2.05) is 36.4 Å². The Kier molecular flexibility index (Phi) is 6.76. The second-order valence-electron chi connectivity index (χ2n) is 6.21. The van der Waals surface area contributed by atoms with Crippen LogP contribution in [0.5, 0.6) is 11.5 Å². The van der Waals surface area contributed by atoms with Crippen molar-refractivity contribution in [2.75, 3.05) is 14.2 Å². The van der Waals surface area contributed by atoms with Gasteiger partial charge in [-0.2, -0.15) is 0 Å². The second kappa shape index (κ2) is 9.66. The predicted octanol–water partition coefficient (Wildman–Crippen LogP) is 2.81. The van der Waals surface area contributed by atoms with E-state index in [1.165, 1.54) is 7.11 Å². The molecule has 0 fully saturated rings. The molecule has 0 aliphatic heterocycles. The summed E-state index contributed by atoms with van der Waals surface area (Å²) in [6.07, 6.45) is 0.514. The van der Waals surface area contributed by atoms with Crippen LogP contribution in [0.3, 0.4) is 0 Å². The van der Waals surface area contributed by atoms with E-state index in [-0.39, 0.29) is 13.0 Å². The van der Waals surface area contributed by atoms with Crippen LogP contribution in [0.2, 0.25) is 0 Å². The van der Waals surface area contributed by atoms with Gasteiger partial charge in [-0.15, -0.1) is 0 Å². The maximum atomic E-state index is 11.5. The third-order valence-electron chi connectivity index (χ3n) is 4.30. The molecule has 2 aromatic carbocycles. The van der Waals surface area contributed by atoms with Gasteiger partial charge in [-0.1, -0.05) is 30.3 Å². The summed E-state index contributed by atoms with van der Waals surface area (Å²) in [6, 6.07) is 16.5. The first-order valence-corrected chi connectivity index (χ1v) is 9.04. The van der Waals surface area contributed by atoms with Crippen LogP contribution in [0.25, 0.3) is 11.4 Å². The largest absolute Gasteiger partial charge is 0.496 e. The van der Waals surface area contributed by atoms with E-state index in [9.17, 15) is 9.90 Å². The van der Waals surface area contributed by atoms with E-state index < -0.39 is 12.1 Å². The summed E-state index contributed by atoms with van der Waals surface area (Å²) < 4.78 is 15.8. The molecule has 0 saturated heterocycles. The van der Waals surface area contributed by atoms with Crippen molar-refractivity contribution in [2.45, 2.75) is 19.1 Å². The lowest BCUT2D eigenvalue weighted by Gasteiger charge is -2.14. The number of aliphatic hydroxyl groups excluding tert-OH is 1. The molecule has 150 valence electrons. The lowest BCUT2D eigenvalue weighted by Crippen LogP contribution is -2.24. The van der Waals surface area contributed by atoms with E-state index in [0.717, 1.165) is 5.56 Å². The van der Waals surface area contributed by atoms with E-state index in [0.29, 0.717) is 28.6 Å². The van der Waals surface area contributed by atoms with Crippen LogP contribution in [0.1, 0.15) is 11.3 Å². The van der Waals surface area contributed by atoms with Gasteiger partial charge in [0.2, 0.25) is 0 Å². The molecule has 0 amide bonds. The molecule has 0 bridgehead atoms. The molecule has 7 heteroatoms. The average Bonchev–Trinajstić information content (AvgIpc) is 2.78. The number of carbonyl (C=O) groups is 1. The average molecular weight is 394 g/mol. The van der Waals surface area contributed by atoms with Gasteiger partial charge in [-0.3, -0.25) is 0 Å². The van der Waals surface area contributed by atoms with Crippen LogP contribution < -0.4 is 9.47 Å². The van der Waals surface area contributed by atoms with Gasteiger partial charge < -0.3 is 19.3 Å². The highest BCUT2D eigenvalue weighted by atomic mass is 16.5. The van der Waals surface area contributed by atoms with E-state index in [4.69, 9.17) is 9.47 Å². The van der Waals surface area contributed by atoms with Crippen molar-refractivity contribution < 1.29 is 24.1 Å². The molecule has 0 radical (unpaired) electrons. The number of carbonyl (C=O) groups excluding carboxylic acids is 1. The highest BCUT2D eigenvalue weighted by molar-refractivity contribution is 5.74. The second-order valence-corrected chi connectivity index (χ2v) is 6.21. The van der Waals surface area contributed by atoms with Crippen LogP contribution in [0, 0.1) is 0 Å². The zero-order valence-corrected chi connectivity index (χ0v) is 16.2. The Hall–Kier alpha value is -3.45. The van der Waals surface area contributed by atoms with Crippen LogP contribution in [-0.2, 0) is 22.6 Å². The molecule has 0 aliphatic rings. The molecule has 7 nitrogen and oxygen atoms in total. The van der Waals surface area contributed by atoms with Crippen LogP contribution in [0.15, 0.2) is 60.8 Å². The number of ether oxygens (including phenoxy) is 3. The number of benzene rings is 2. The number of aliphatic hydroxyl groups is 1. The van der Waals surface area contributed by atoms with Crippen molar-refractivity contribution in [2.24, 2.45) is 0 Å². The number of hydrogen-bond donors (Lipinski definition) is 1. The van der Waals surface area contributed by atoms with Crippen molar-refractivity contribution in [1.82, 2.24) is 9.97 Å². The maximum absolute atomic E-state index is 11.5. The highest BCUT2D eigenvalue weighted by Crippen LogP contribution is 2.27. The van der Waals surface area contributed by atoms with Gasteiger partial charge in [0.15, 0.2) is 11.9 Å². The topological polar surface area (TPSA) is 90.8 Å². The summed E-state index contributed by atoms with van der Waals surface area (Å²) >= 11 is 0. The molecular weight excluding hydrogens is 372 g/mol. The van der Waals surface area contributed by atoms with Crippen LogP contribution in [0.4, 0.5) is 0 Å². The SMILES string of the molecule is COC(=O)[C@H](O)Cc1ccccc1OCc1ccnc(-c2ccccc2OC)n1. The van der Waals surface area contributed by atoms with Crippen molar-refractivity contribution in [3.63, 3.8) is 0 Å². The predicted molar refractivity (Wildman–Crippen MR) is 107 cm³/mol. The first-order chi connectivity index (χ1) is 14.1. The van der Waals surface area contributed by atoms with Gasteiger partial charge in [-0.05, 0) is 29.8 Å². The van der Waals surface area contributed by atoms with Gasteiger partial charge in [0, 0.05) is 12.6 Å². The lowest BCUT2D eigenvalue weighted by molar-refractivity contribution is -0.150. The molecule has 1 heterocycles. The van der Waals surface area contributed by atoms with Crippen molar-refractivity contribution in [1.29, 1.82) is 0 Å². The molecule has 0 spiro atoms. The monoisotopic (exact) mass is 394 g/mol. The molecule has 1 atom stereocenters. The Balaban J connectivity index is 1.75. The van der Waals surface area contributed by atoms with Gasteiger partial charge in [0.25, 0.3) is 0 Å². The molecule has 1 aromatic heterocycles. The number of rotatable bonds is 8. The fourth-order valence-electron chi connectivity index (χ4n) is 2.83. The van der Waals surface area contributed by atoms with E-state index in [2.05, 4.69) is 14.7 Å². The third kappa shape index (κ3) is 5.08. The number of para-hydroxylation sites is 2. The number of nitrogens with zero attached hydrogens (tertiary/aromatic N) is 2. The zero-order chi connectivity index (χ0) is 20.6. The third-order valence-corrected chi connectivity index (χ3v) is 4.30. The molecule has 0 aliphatic carbocycles. The van der Waals surface area contributed by atoms with Crippen molar-refractivity contribution in [3.8, 4) is 22.9 Å². The Labute approximate surface area is 168 Å². The highest BCUT2D eigenvalue weighted by Gasteiger charge is 2.18. The Bertz CT molecular complexity index is 977. The number of hydrogen-bond acceptors (Lipinski definition) is 7. The summed E-state index contributed by atoms with van der Waals surface area (Å²) in [5.41, 5.74) is 2.17. The minimum atomic E-state index is -1.25. The molecule has 29 heavy (non-hydrogen) atoms. The Morgan fingerprint density at radius 3 is 2.52 bits per heavy atom. The summed E-state index contributed by atoms with van der Waals surface area (Å²) in [7, 11) is 2.84. The molecule has 1 N–H and O–H groups in total. The summed E-state index contributed by atoms with van der Waals surface area (Å²) in [5.74, 6) is 1.11. The number of aromatic nitrogens is 2. The standard InChI is InChI=1S/C22H22N2O5/c1-27-20-10-6-4-8-17(20)21-23-12-11-16(24-21)14-29-19-9-5-3-7-15(19)13-18(25)22(26)28-2/h3-12,18,25H,13-14H2,1-2H3/t18-/m1/s1. The van der Waals surface area contributed by atoms with E-state index >= 15 is 0 Å². The summed E-state index contributed by atoms with van der Waals surface area (Å²) in [5, 5.41) is 9.93. The maximum Gasteiger partial charge on any atom is 0.335 e. The normalized spacial score (nSPS) is 11.6. The van der Waals surface area contributed by atoms with Gasteiger partial charge in [0.1, 0.15) is 18.1 Å². The Morgan fingerprint density at radius 1 is 1.03 bits per heavy atom. The van der Waals surface area contributed by atoms with E-state index in [1.54, 1.807) is 31.5 Å². The summed E-state index contributed by atoms with van der Waals surface area (Å²) in [4.78, 5) is 20.4. The zero-order valence-electron chi connectivity index (χ0n) is 16.2. The Morgan fingerprint density at radius 2 is 1.76 bits per heavy atom. The minimum Gasteiger partial charge on any atom is -0.496 e. The fourth-order valence-corrected chi connectivity index (χ4v) is 2.83. The first-order valence-electron chi connectivity index (χ1n) is 9.04. The fraction of sp³-hybridized carbons (Fsp3) is 0.227. The van der Waals surface area contributed by atoms with Crippen LogP contribution >= 0.6 is 0 Å². The molecule has 0 saturated carbocycles. The number of esters is 1. The van der Waals surface area contributed by atoms with Crippen LogP contribution in [-0.4, -0.2) is 41.4 Å². The first kappa shape index (κ1) is 20.3. The minimum absolute atomic E-state index is 0.0963. The van der Waals surface area contributed by atoms with Crippen molar-refractivity contribution >= 4 is 5.97 Å². The van der Waals surface area contributed by atoms with Gasteiger partial charge in [0.05, 0.1) is 25.5 Å². The van der Waals surface area contributed by atoms with Gasteiger partial charge >= 0.3 is 5.97 Å². The summed E-state index contributed by atoms with van der Waals surface area (Å²) in [6.45, 7) is 0.204. The van der Waals surface area contributed by atoms with Gasteiger partial charge in [-0.25, -0.2) is 14.8 Å². The smallest absolute Gasteiger partial charge is 0.335 e. The lowest BCUT2D eigenvalue weighted by atomic mass is 10.1. The number of methoxy groups -OCH3 is 2. The molecule has 3 rings (SSSR count). The molecule has 3 aromatic rings. The molecular formula is C22H22N2O5. The quantitative estimate of drug-likeness (QED) is 0.588. The van der Waals surface area contributed by atoms with Crippen molar-refractivity contribution in [3.05, 3.63) is 72.1 Å². The molecule has 0 unspecified atom stereocenters.